The van der Waals surface area contributed by atoms with Crippen molar-refractivity contribution in [2.24, 2.45) is 33.8 Å². The Morgan fingerprint density at radius 1 is 0.789 bits per heavy atom. The number of hydrogen-bond donors (Lipinski definition) is 9. The topological polar surface area (TPSA) is 295 Å². The molecule has 0 rings (SSSR count). The third-order valence-corrected chi connectivity index (χ3v) is 5.71. The Labute approximate surface area is 220 Å². The van der Waals surface area contributed by atoms with E-state index in [1.54, 1.807) is 6.92 Å². The first-order chi connectivity index (χ1) is 17.7. The third kappa shape index (κ3) is 14.0. The number of nitrogens with two attached hydrogens (primary N) is 4. The molecule has 0 aliphatic carbocycles. The maximum Gasteiger partial charge on any atom is 0.326 e. The highest BCUT2D eigenvalue weighted by atomic mass is 16.4. The Hall–Kier alpha value is -3.95. The lowest BCUT2D eigenvalue weighted by molar-refractivity contribution is -0.142. The molecular weight excluding hydrogens is 504 g/mol. The SMILES string of the molecule is CCC(C)C(N)C(=O)NC(CCC(=O)O)C(=O)NC(CCC(N)=O)C(=O)NC(CCCN=C(N)N)C(=O)O. The van der Waals surface area contributed by atoms with E-state index in [1.807, 2.05) is 6.92 Å². The van der Waals surface area contributed by atoms with Gasteiger partial charge >= 0.3 is 11.9 Å². The van der Waals surface area contributed by atoms with Crippen LogP contribution in [-0.4, -0.2) is 82.5 Å². The van der Waals surface area contributed by atoms with Gasteiger partial charge in [-0.25, -0.2) is 4.79 Å². The van der Waals surface area contributed by atoms with Crippen LogP contribution in [0.25, 0.3) is 0 Å². The molecule has 0 aromatic heterocycles. The molecule has 13 N–H and O–H groups in total. The van der Waals surface area contributed by atoms with Gasteiger partial charge < -0.3 is 49.1 Å². The minimum atomic E-state index is -1.41. The first kappa shape index (κ1) is 34.0. The second kappa shape index (κ2) is 17.5. The zero-order valence-electron chi connectivity index (χ0n) is 21.6. The average molecular weight is 545 g/mol. The van der Waals surface area contributed by atoms with E-state index in [-0.39, 0.29) is 50.5 Å². The molecule has 0 aromatic carbocycles. The molecule has 0 saturated heterocycles. The van der Waals surface area contributed by atoms with E-state index in [0.29, 0.717) is 6.42 Å². The Morgan fingerprint density at radius 3 is 1.74 bits per heavy atom. The van der Waals surface area contributed by atoms with E-state index in [1.165, 1.54) is 0 Å². The van der Waals surface area contributed by atoms with E-state index >= 15 is 0 Å². The summed E-state index contributed by atoms with van der Waals surface area (Å²) >= 11 is 0. The second-order valence-corrected chi connectivity index (χ2v) is 8.82. The molecule has 5 unspecified atom stereocenters. The van der Waals surface area contributed by atoms with E-state index in [2.05, 4.69) is 20.9 Å². The number of carbonyl (C=O) groups is 6. The number of aliphatic carboxylic acids is 2. The summed E-state index contributed by atoms with van der Waals surface area (Å²) in [4.78, 5) is 76.2. The predicted octanol–water partition coefficient (Wildman–Crippen LogP) is -2.92. The average Bonchev–Trinajstić information content (AvgIpc) is 2.83. The van der Waals surface area contributed by atoms with Crippen molar-refractivity contribution in [1.29, 1.82) is 0 Å². The van der Waals surface area contributed by atoms with E-state index in [9.17, 15) is 33.9 Å². The first-order valence-corrected chi connectivity index (χ1v) is 12.1. The van der Waals surface area contributed by atoms with Crippen molar-refractivity contribution < 1.29 is 39.0 Å². The van der Waals surface area contributed by atoms with Gasteiger partial charge in [-0.3, -0.25) is 29.0 Å². The first-order valence-electron chi connectivity index (χ1n) is 12.1. The molecule has 16 nitrogen and oxygen atoms in total. The lowest BCUT2D eigenvalue weighted by Crippen LogP contribution is -2.57. The Balaban J connectivity index is 5.65. The fraction of sp³-hybridized carbons (Fsp3) is 0.682. The molecule has 0 aliphatic rings. The third-order valence-electron chi connectivity index (χ3n) is 5.71. The molecule has 216 valence electrons. The second-order valence-electron chi connectivity index (χ2n) is 8.82. The summed E-state index contributed by atoms with van der Waals surface area (Å²) in [5.74, 6) is -6.29. The van der Waals surface area contributed by atoms with Crippen molar-refractivity contribution >= 4 is 41.5 Å². The molecule has 0 saturated carbocycles. The van der Waals surface area contributed by atoms with Crippen molar-refractivity contribution in [2.75, 3.05) is 6.54 Å². The standard InChI is InChI=1S/C22H40N8O8/c1-3-11(2)17(24)20(36)29-13(7-9-16(32)33)18(34)28-12(6-8-15(23)31)19(35)30-14(21(37)38)5-4-10-27-22(25)26/h11-14,17H,3-10,24H2,1-2H3,(H2,23,31)(H,28,34)(H,29,36)(H,30,35)(H,32,33)(H,37,38)(H4,25,26,27). The maximum atomic E-state index is 13.0. The van der Waals surface area contributed by atoms with Crippen LogP contribution in [0.4, 0.5) is 0 Å². The number of aliphatic imine (C=N–C) groups is 1. The summed E-state index contributed by atoms with van der Waals surface area (Å²) < 4.78 is 0. The molecule has 0 aliphatic heterocycles. The van der Waals surface area contributed by atoms with Gasteiger partial charge in [-0.2, -0.15) is 0 Å². The number of amides is 4. The number of carboxylic acid groups (broad SMARTS) is 2. The Bertz CT molecular complexity index is 877. The monoisotopic (exact) mass is 544 g/mol. The minimum absolute atomic E-state index is 0.0425. The van der Waals surface area contributed by atoms with Gasteiger partial charge in [0, 0.05) is 19.4 Å². The molecule has 5 atom stereocenters. The number of guanidine groups is 1. The number of hydrogen-bond acceptors (Lipinski definition) is 8. The summed E-state index contributed by atoms with van der Waals surface area (Å²) in [6.07, 6.45) is -0.650. The van der Waals surface area contributed by atoms with Crippen LogP contribution in [0.5, 0.6) is 0 Å². The summed E-state index contributed by atoms with van der Waals surface area (Å²) in [6, 6.07) is -5.11. The number of carbonyl (C=O) groups excluding carboxylic acids is 4. The van der Waals surface area contributed by atoms with E-state index in [4.69, 9.17) is 28.0 Å². The maximum absolute atomic E-state index is 13.0. The van der Waals surface area contributed by atoms with Crippen molar-refractivity contribution in [3.8, 4) is 0 Å². The van der Waals surface area contributed by atoms with Gasteiger partial charge in [-0.15, -0.1) is 0 Å². The molecule has 0 aromatic rings. The van der Waals surface area contributed by atoms with Crippen molar-refractivity contribution in [3.05, 3.63) is 0 Å². The van der Waals surface area contributed by atoms with Gasteiger partial charge in [0.1, 0.15) is 18.1 Å². The highest BCUT2D eigenvalue weighted by Crippen LogP contribution is 2.08. The van der Waals surface area contributed by atoms with Crippen LogP contribution < -0.4 is 38.9 Å². The normalized spacial score (nSPS) is 14.6. The quantitative estimate of drug-likeness (QED) is 0.0450. The van der Waals surface area contributed by atoms with Crippen molar-refractivity contribution in [1.82, 2.24) is 16.0 Å². The Kier molecular flexibility index (Phi) is 15.7. The molecule has 0 radical (unpaired) electrons. The molecule has 16 heteroatoms. The molecular formula is C22H40N8O8. The number of nitrogens with zero attached hydrogens (tertiary/aromatic N) is 1. The highest BCUT2D eigenvalue weighted by Gasteiger charge is 2.31. The summed E-state index contributed by atoms with van der Waals surface area (Å²) in [6.45, 7) is 3.67. The number of nitrogens with one attached hydrogen (secondary N) is 3. The van der Waals surface area contributed by atoms with Gasteiger partial charge in [0.15, 0.2) is 5.96 Å². The minimum Gasteiger partial charge on any atom is -0.481 e. The van der Waals surface area contributed by atoms with Crippen LogP contribution in [0.1, 0.15) is 58.8 Å². The number of primary amides is 1. The molecule has 4 amide bonds. The molecule has 0 fully saturated rings. The van der Waals surface area contributed by atoms with Crippen LogP contribution in [-0.2, 0) is 28.8 Å². The van der Waals surface area contributed by atoms with Crippen LogP contribution in [0.15, 0.2) is 4.99 Å². The Morgan fingerprint density at radius 2 is 1.29 bits per heavy atom. The van der Waals surface area contributed by atoms with Gasteiger partial charge in [-0.1, -0.05) is 20.3 Å². The van der Waals surface area contributed by atoms with Gasteiger partial charge in [-0.05, 0) is 31.6 Å². The molecule has 38 heavy (non-hydrogen) atoms. The number of rotatable bonds is 19. The van der Waals surface area contributed by atoms with Crippen molar-refractivity contribution in [2.45, 2.75) is 83.0 Å². The van der Waals surface area contributed by atoms with Crippen LogP contribution >= 0.6 is 0 Å². The highest BCUT2D eigenvalue weighted by molar-refractivity contribution is 5.94. The molecule has 0 heterocycles. The fourth-order valence-corrected chi connectivity index (χ4v) is 3.18. The summed E-state index contributed by atoms with van der Waals surface area (Å²) in [5, 5.41) is 25.6. The largest absolute Gasteiger partial charge is 0.481 e. The van der Waals surface area contributed by atoms with Gasteiger partial charge in [0.2, 0.25) is 23.6 Å². The predicted molar refractivity (Wildman–Crippen MR) is 136 cm³/mol. The number of carboxylic acids is 2. The van der Waals surface area contributed by atoms with Crippen molar-refractivity contribution in [3.63, 3.8) is 0 Å². The van der Waals surface area contributed by atoms with Crippen LogP contribution in [0.3, 0.4) is 0 Å². The fourth-order valence-electron chi connectivity index (χ4n) is 3.18. The zero-order valence-corrected chi connectivity index (χ0v) is 21.6. The summed E-state index contributed by atoms with van der Waals surface area (Å²) in [7, 11) is 0. The van der Waals surface area contributed by atoms with E-state index in [0.717, 1.165) is 0 Å². The summed E-state index contributed by atoms with van der Waals surface area (Å²) in [5.41, 5.74) is 21.5. The molecule has 0 bridgehead atoms. The lowest BCUT2D eigenvalue weighted by Gasteiger charge is -2.26. The van der Waals surface area contributed by atoms with E-state index < -0.39 is 66.2 Å². The van der Waals surface area contributed by atoms with Gasteiger partial charge in [0.25, 0.3) is 0 Å². The lowest BCUT2D eigenvalue weighted by atomic mass is 9.98. The van der Waals surface area contributed by atoms with Crippen LogP contribution in [0.2, 0.25) is 0 Å². The van der Waals surface area contributed by atoms with Gasteiger partial charge in [0.05, 0.1) is 6.04 Å². The molecule has 0 spiro atoms. The smallest absolute Gasteiger partial charge is 0.326 e. The zero-order chi connectivity index (χ0) is 29.4. The van der Waals surface area contributed by atoms with Crippen LogP contribution in [0, 0.1) is 5.92 Å².